The molecule has 0 amide bonds. The van der Waals surface area contributed by atoms with Crippen molar-refractivity contribution in [2.24, 2.45) is 0 Å². The number of benzene rings is 2. The zero-order chi connectivity index (χ0) is 18.1. The Hall–Kier alpha value is -2.79. The molecule has 0 atom stereocenters. The van der Waals surface area contributed by atoms with Crippen LogP contribution in [0, 0.1) is 6.92 Å². The number of fused-ring (bicyclic) bond motifs is 1. The lowest BCUT2D eigenvalue weighted by molar-refractivity contribution is 0.174. The van der Waals surface area contributed by atoms with Gasteiger partial charge >= 0.3 is 0 Å². The van der Waals surface area contributed by atoms with Crippen LogP contribution in [0.25, 0.3) is 11.4 Å². The zero-order valence-electron chi connectivity index (χ0n) is 15.4. The molecule has 5 heteroatoms. The van der Waals surface area contributed by atoms with E-state index in [4.69, 9.17) is 9.47 Å². The Bertz CT molecular complexity index is 931. The fourth-order valence-electron chi connectivity index (χ4n) is 3.35. The first-order chi connectivity index (χ1) is 12.6. The van der Waals surface area contributed by atoms with Gasteiger partial charge in [0, 0.05) is 31.0 Å². The fourth-order valence-corrected chi connectivity index (χ4v) is 3.35. The minimum absolute atomic E-state index is 0.283. The maximum absolute atomic E-state index is 5.54. The monoisotopic (exact) mass is 349 g/mol. The first-order valence-electron chi connectivity index (χ1n) is 8.74. The molecule has 4 rings (SSSR count). The van der Waals surface area contributed by atoms with Gasteiger partial charge in [-0.25, -0.2) is 4.98 Å². The fraction of sp³-hybridized carbons (Fsp3) is 0.286. The van der Waals surface area contributed by atoms with Crippen molar-refractivity contribution < 1.29 is 9.47 Å². The van der Waals surface area contributed by atoms with Crippen molar-refractivity contribution in [1.82, 2.24) is 14.5 Å². The Morgan fingerprint density at radius 1 is 1.08 bits per heavy atom. The van der Waals surface area contributed by atoms with Crippen molar-refractivity contribution in [3.05, 3.63) is 65.5 Å². The van der Waals surface area contributed by atoms with Crippen LogP contribution in [-0.2, 0) is 13.1 Å². The molecule has 2 heterocycles. The summed E-state index contributed by atoms with van der Waals surface area (Å²) >= 11 is 0. The molecular formula is C21H23N3O2. The summed E-state index contributed by atoms with van der Waals surface area (Å²) < 4.78 is 13.2. The molecule has 0 aliphatic carbocycles. The zero-order valence-corrected chi connectivity index (χ0v) is 15.4. The first kappa shape index (κ1) is 16.7. The quantitative estimate of drug-likeness (QED) is 0.704. The predicted octanol–water partition coefficient (Wildman–Crippen LogP) is 3.70. The Morgan fingerprint density at radius 3 is 2.65 bits per heavy atom. The number of aryl methyl sites for hydroxylation is 1. The summed E-state index contributed by atoms with van der Waals surface area (Å²) in [5.74, 6) is 2.53. The minimum atomic E-state index is 0.283. The molecule has 0 fully saturated rings. The van der Waals surface area contributed by atoms with E-state index in [0.717, 1.165) is 41.5 Å². The van der Waals surface area contributed by atoms with E-state index in [9.17, 15) is 0 Å². The summed E-state index contributed by atoms with van der Waals surface area (Å²) in [7, 11) is 4.17. The van der Waals surface area contributed by atoms with Crippen LogP contribution in [-0.4, -0.2) is 35.3 Å². The standard InChI is InChI=1S/C21H23N3O2/c1-15-9-19-20(26-14-25-19)11-18(15)21-22-7-8-24(21)13-17-6-4-5-16(10-17)12-23(2)3/h4-11H,12-14H2,1-3H3. The van der Waals surface area contributed by atoms with Gasteiger partial charge in [0.15, 0.2) is 11.5 Å². The molecule has 0 N–H and O–H groups in total. The Morgan fingerprint density at radius 2 is 1.85 bits per heavy atom. The van der Waals surface area contributed by atoms with Gasteiger partial charge in [0.1, 0.15) is 5.82 Å². The molecule has 0 bridgehead atoms. The lowest BCUT2D eigenvalue weighted by Crippen LogP contribution is -2.11. The molecule has 0 saturated carbocycles. The molecule has 26 heavy (non-hydrogen) atoms. The van der Waals surface area contributed by atoms with E-state index in [0.29, 0.717) is 0 Å². The van der Waals surface area contributed by atoms with E-state index in [2.05, 4.69) is 59.7 Å². The van der Waals surface area contributed by atoms with Gasteiger partial charge in [-0.3, -0.25) is 0 Å². The lowest BCUT2D eigenvalue weighted by atomic mass is 10.1. The van der Waals surface area contributed by atoms with Gasteiger partial charge in [-0.2, -0.15) is 0 Å². The summed E-state index contributed by atoms with van der Waals surface area (Å²) in [5, 5.41) is 0. The van der Waals surface area contributed by atoms with Crippen LogP contribution in [0.5, 0.6) is 11.5 Å². The molecule has 2 aromatic carbocycles. The van der Waals surface area contributed by atoms with Crippen molar-refractivity contribution in [3.8, 4) is 22.9 Å². The molecule has 0 spiro atoms. The lowest BCUT2D eigenvalue weighted by Gasteiger charge is -2.13. The molecule has 3 aromatic rings. The van der Waals surface area contributed by atoms with E-state index in [1.165, 1.54) is 11.1 Å². The highest BCUT2D eigenvalue weighted by molar-refractivity contribution is 5.66. The van der Waals surface area contributed by atoms with Gasteiger partial charge in [-0.05, 0) is 49.8 Å². The van der Waals surface area contributed by atoms with Crippen LogP contribution in [0.1, 0.15) is 16.7 Å². The van der Waals surface area contributed by atoms with Crippen molar-refractivity contribution >= 4 is 0 Å². The van der Waals surface area contributed by atoms with Gasteiger partial charge in [-0.1, -0.05) is 24.3 Å². The van der Waals surface area contributed by atoms with Crippen LogP contribution >= 0.6 is 0 Å². The van der Waals surface area contributed by atoms with E-state index < -0.39 is 0 Å². The smallest absolute Gasteiger partial charge is 0.231 e. The molecule has 0 saturated heterocycles. The van der Waals surface area contributed by atoms with Crippen LogP contribution in [0.15, 0.2) is 48.8 Å². The summed E-state index contributed by atoms with van der Waals surface area (Å²) in [5.41, 5.74) is 4.78. The average Bonchev–Trinajstić information content (AvgIpc) is 3.22. The largest absolute Gasteiger partial charge is 0.454 e. The third-order valence-corrected chi connectivity index (χ3v) is 4.52. The van der Waals surface area contributed by atoms with Crippen LogP contribution in [0.2, 0.25) is 0 Å². The van der Waals surface area contributed by atoms with Gasteiger partial charge in [0.2, 0.25) is 6.79 Å². The van der Waals surface area contributed by atoms with Gasteiger partial charge in [0.05, 0.1) is 0 Å². The van der Waals surface area contributed by atoms with E-state index in [1.807, 2.05) is 24.5 Å². The van der Waals surface area contributed by atoms with Crippen molar-refractivity contribution in [3.63, 3.8) is 0 Å². The highest BCUT2D eigenvalue weighted by Gasteiger charge is 2.18. The molecule has 134 valence electrons. The normalized spacial score (nSPS) is 12.8. The third kappa shape index (κ3) is 3.30. The summed E-state index contributed by atoms with van der Waals surface area (Å²) in [6, 6.07) is 12.8. The van der Waals surface area contributed by atoms with Gasteiger partial charge in [-0.15, -0.1) is 0 Å². The molecule has 5 nitrogen and oxygen atoms in total. The summed E-state index contributed by atoms with van der Waals surface area (Å²) in [4.78, 5) is 6.78. The third-order valence-electron chi connectivity index (χ3n) is 4.52. The second-order valence-electron chi connectivity index (χ2n) is 6.96. The number of aromatic nitrogens is 2. The maximum atomic E-state index is 5.54. The van der Waals surface area contributed by atoms with Gasteiger partial charge < -0.3 is 18.9 Å². The van der Waals surface area contributed by atoms with E-state index >= 15 is 0 Å². The SMILES string of the molecule is Cc1cc2c(cc1-c1nccn1Cc1cccc(CN(C)C)c1)OCO2. The highest BCUT2D eigenvalue weighted by Crippen LogP contribution is 2.38. The van der Waals surface area contributed by atoms with Crippen LogP contribution in [0.3, 0.4) is 0 Å². The topological polar surface area (TPSA) is 39.5 Å². The number of hydrogen-bond acceptors (Lipinski definition) is 4. The molecular weight excluding hydrogens is 326 g/mol. The van der Waals surface area contributed by atoms with Crippen LogP contribution < -0.4 is 9.47 Å². The van der Waals surface area contributed by atoms with Crippen molar-refractivity contribution in [1.29, 1.82) is 0 Å². The van der Waals surface area contributed by atoms with Gasteiger partial charge in [0.25, 0.3) is 0 Å². The van der Waals surface area contributed by atoms with Crippen molar-refractivity contribution in [2.45, 2.75) is 20.0 Å². The molecule has 1 aromatic heterocycles. The highest BCUT2D eigenvalue weighted by atomic mass is 16.7. The maximum Gasteiger partial charge on any atom is 0.231 e. The second-order valence-corrected chi connectivity index (χ2v) is 6.96. The second kappa shape index (κ2) is 6.84. The molecule has 1 aliphatic rings. The number of hydrogen-bond donors (Lipinski definition) is 0. The van der Waals surface area contributed by atoms with Crippen molar-refractivity contribution in [2.75, 3.05) is 20.9 Å². The Balaban J connectivity index is 1.64. The number of nitrogens with zero attached hydrogens (tertiary/aromatic N) is 3. The summed E-state index contributed by atoms with van der Waals surface area (Å²) in [6.07, 6.45) is 3.88. The molecule has 0 unspecified atom stereocenters. The molecule has 0 radical (unpaired) electrons. The molecule has 1 aliphatic heterocycles. The van der Waals surface area contributed by atoms with E-state index in [-0.39, 0.29) is 6.79 Å². The Labute approximate surface area is 153 Å². The summed E-state index contributed by atoms with van der Waals surface area (Å²) in [6.45, 7) is 4.08. The number of ether oxygens (including phenoxy) is 2. The predicted molar refractivity (Wildman–Crippen MR) is 101 cm³/mol. The first-order valence-corrected chi connectivity index (χ1v) is 8.74. The number of rotatable bonds is 5. The Kier molecular flexibility index (Phi) is 4.39. The van der Waals surface area contributed by atoms with E-state index in [1.54, 1.807) is 0 Å². The average molecular weight is 349 g/mol. The minimum Gasteiger partial charge on any atom is -0.454 e. The van der Waals surface area contributed by atoms with Crippen LogP contribution in [0.4, 0.5) is 0 Å². The number of imidazole rings is 1.